The average Bonchev–Trinajstić information content (AvgIpc) is 2.05. The highest BCUT2D eigenvalue weighted by atomic mass is 13.8. The van der Waals surface area contributed by atoms with E-state index < -0.39 is 0 Å². The Labute approximate surface area is 75.0 Å². The lowest BCUT2D eigenvalue weighted by Gasteiger charge is -1.87. The van der Waals surface area contributed by atoms with Crippen LogP contribution in [0.5, 0.6) is 0 Å². The lowest BCUT2D eigenvalue weighted by atomic mass is 10.2. The molecule has 0 aromatic rings. The number of rotatable bonds is 0. The van der Waals surface area contributed by atoms with Gasteiger partial charge in [-0.2, -0.15) is 0 Å². The van der Waals surface area contributed by atoms with E-state index in [9.17, 15) is 0 Å². The average molecular weight is 160 g/mol. The van der Waals surface area contributed by atoms with E-state index in [2.05, 4.69) is 48.6 Å². The maximum absolute atomic E-state index is 2.21. The van der Waals surface area contributed by atoms with E-state index in [0.717, 1.165) is 25.7 Å². The SMILES string of the molecule is C1=C\C/C=C\C/C=C\C/C=C\C/1. The summed E-state index contributed by atoms with van der Waals surface area (Å²) in [5.74, 6) is 0. The molecule has 1 aliphatic carbocycles. The summed E-state index contributed by atoms with van der Waals surface area (Å²) in [7, 11) is 0. The van der Waals surface area contributed by atoms with Gasteiger partial charge in [-0.05, 0) is 25.7 Å². The fourth-order valence-electron chi connectivity index (χ4n) is 1.08. The Balaban J connectivity index is 2.40. The van der Waals surface area contributed by atoms with Crippen LogP contribution in [0.2, 0.25) is 0 Å². The number of hydrogen-bond donors (Lipinski definition) is 0. The molecule has 0 aliphatic heterocycles. The van der Waals surface area contributed by atoms with E-state index in [-0.39, 0.29) is 0 Å². The first-order chi connectivity index (χ1) is 6.00. The van der Waals surface area contributed by atoms with Crippen LogP contribution in [0.4, 0.5) is 0 Å². The van der Waals surface area contributed by atoms with E-state index in [4.69, 9.17) is 0 Å². The summed E-state index contributed by atoms with van der Waals surface area (Å²) in [4.78, 5) is 0. The van der Waals surface area contributed by atoms with Crippen LogP contribution in [0.1, 0.15) is 25.7 Å². The Hall–Kier alpha value is -1.04. The Bertz CT molecular complexity index is 140. The van der Waals surface area contributed by atoms with Crippen molar-refractivity contribution in [3.05, 3.63) is 48.6 Å². The second-order valence-corrected chi connectivity index (χ2v) is 2.83. The Morgan fingerprint density at radius 3 is 0.667 bits per heavy atom. The van der Waals surface area contributed by atoms with Crippen molar-refractivity contribution in [1.29, 1.82) is 0 Å². The van der Waals surface area contributed by atoms with Gasteiger partial charge in [0.1, 0.15) is 0 Å². The molecule has 0 saturated carbocycles. The van der Waals surface area contributed by atoms with Crippen LogP contribution in [0.15, 0.2) is 48.6 Å². The van der Waals surface area contributed by atoms with Gasteiger partial charge in [0.05, 0.1) is 0 Å². The minimum absolute atomic E-state index is 1.07. The van der Waals surface area contributed by atoms with Gasteiger partial charge in [0.25, 0.3) is 0 Å². The Morgan fingerprint density at radius 2 is 0.500 bits per heavy atom. The summed E-state index contributed by atoms with van der Waals surface area (Å²) in [6.45, 7) is 0. The van der Waals surface area contributed by atoms with Gasteiger partial charge in [-0.15, -0.1) is 0 Å². The van der Waals surface area contributed by atoms with Crippen LogP contribution < -0.4 is 0 Å². The highest BCUT2D eigenvalue weighted by Gasteiger charge is 1.76. The molecule has 0 radical (unpaired) electrons. The molecule has 0 N–H and O–H groups in total. The third-order valence-corrected chi connectivity index (χ3v) is 1.76. The molecule has 64 valence electrons. The number of hydrogen-bond acceptors (Lipinski definition) is 0. The predicted molar refractivity (Wildman–Crippen MR) is 55.0 cm³/mol. The highest BCUT2D eigenvalue weighted by molar-refractivity contribution is 5.02. The molecule has 1 aliphatic rings. The van der Waals surface area contributed by atoms with Crippen LogP contribution in [0.25, 0.3) is 0 Å². The summed E-state index contributed by atoms with van der Waals surface area (Å²) in [5.41, 5.74) is 0. The quantitative estimate of drug-likeness (QED) is 0.473. The van der Waals surface area contributed by atoms with Crippen molar-refractivity contribution in [3.8, 4) is 0 Å². The topological polar surface area (TPSA) is 0 Å². The molecule has 0 amide bonds. The van der Waals surface area contributed by atoms with Gasteiger partial charge in [-0.1, -0.05) is 48.6 Å². The van der Waals surface area contributed by atoms with Gasteiger partial charge in [-0.3, -0.25) is 0 Å². The summed E-state index contributed by atoms with van der Waals surface area (Å²) in [6.07, 6.45) is 22.0. The highest BCUT2D eigenvalue weighted by Crippen LogP contribution is 1.97. The van der Waals surface area contributed by atoms with E-state index in [1.807, 2.05) is 0 Å². The lowest BCUT2D eigenvalue weighted by Crippen LogP contribution is -1.66. The minimum Gasteiger partial charge on any atom is -0.0844 e. The van der Waals surface area contributed by atoms with E-state index in [1.54, 1.807) is 0 Å². The number of allylic oxidation sites excluding steroid dienone is 8. The van der Waals surface area contributed by atoms with Crippen LogP contribution in [-0.4, -0.2) is 0 Å². The van der Waals surface area contributed by atoms with E-state index >= 15 is 0 Å². The zero-order valence-electron chi connectivity index (χ0n) is 7.45. The monoisotopic (exact) mass is 160 g/mol. The molecular weight excluding hydrogens is 144 g/mol. The zero-order valence-corrected chi connectivity index (χ0v) is 7.45. The third kappa shape index (κ3) is 4.73. The van der Waals surface area contributed by atoms with Gasteiger partial charge < -0.3 is 0 Å². The predicted octanol–water partition coefficient (Wildman–Crippen LogP) is 3.79. The van der Waals surface area contributed by atoms with Gasteiger partial charge in [0.15, 0.2) is 0 Å². The minimum atomic E-state index is 1.07. The van der Waals surface area contributed by atoms with Gasteiger partial charge in [0.2, 0.25) is 0 Å². The van der Waals surface area contributed by atoms with Crippen LogP contribution in [-0.2, 0) is 0 Å². The second kappa shape index (κ2) is 6.66. The summed E-state index contributed by atoms with van der Waals surface area (Å²) < 4.78 is 0. The first kappa shape index (κ1) is 9.05. The van der Waals surface area contributed by atoms with Gasteiger partial charge in [0, 0.05) is 0 Å². The molecule has 0 spiro atoms. The third-order valence-electron chi connectivity index (χ3n) is 1.76. The molecule has 0 unspecified atom stereocenters. The zero-order chi connectivity index (χ0) is 8.49. The molecule has 0 fully saturated rings. The molecule has 12 heavy (non-hydrogen) atoms. The molecule has 0 heteroatoms. The molecular formula is C12H16. The largest absolute Gasteiger partial charge is 0.0844 e. The van der Waals surface area contributed by atoms with Crippen molar-refractivity contribution >= 4 is 0 Å². The van der Waals surface area contributed by atoms with Crippen molar-refractivity contribution < 1.29 is 0 Å². The molecule has 0 heterocycles. The molecule has 0 saturated heterocycles. The van der Waals surface area contributed by atoms with Crippen molar-refractivity contribution in [1.82, 2.24) is 0 Å². The fraction of sp³-hybridized carbons (Fsp3) is 0.333. The first-order valence-corrected chi connectivity index (χ1v) is 4.60. The van der Waals surface area contributed by atoms with Crippen LogP contribution in [0, 0.1) is 0 Å². The Morgan fingerprint density at radius 1 is 0.333 bits per heavy atom. The van der Waals surface area contributed by atoms with Crippen LogP contribution in [0.3, 0.4) is 0 Å². The fourth-order valence-corrected chi connectivity index (χ4v) is 1.08. The molecule has 1 rings (SSSR count). The molecule has 0 aromatic carbocycles. The Kier molecular flexibility index (Phi) is 5.02. The van der Waals surface area contributed by atoms with Gasteiger partial charge in [-0.25, -0.2) is 0 Å². The van der Waals surface area contributed by atoms with Crippen molar-refractivity contribution in [2.45, 2.75) is 25.7 Å². The summed E-state index contributed by atoms with van der Waals surface area (Å²) >= 11 is 0. The maximum Gasteiger partial charge on any atom is -0.0169 e. The summed E-state index contributed by atoms with van der Waals surface area (Å²) in [5, 5.41) is 0. The second-order valence-electron chi connectivity index (χ2n) is 2.83. The summed E-state index contributed by atoms with van der Waals surface area (Å²) in [6, 6.07) is 0. The normalized spacial score (nSPS) is 29.3. The maximum atomic E-state index is 2.21. The smallest absolute Gasteiger partial charge is 0.0169 e. The van der Waals surface area contributed by atoms with Crippen LogP contribution >= 0.6 is 0 Å². The molecule has 0 atom stereocenters. The molecule has 0 nitrogen and oxygen atoms in total. The van der Waals surface area contributed by atoms with Crippen molar-refractivity contribution in [3.63, 3.8) is 0 Å². The first-order valence-electron chi connectivity index (χ1n) is 4.60. The standard InChI is InChI=1S/C12H16/c1-2-4-6-8-10-12-11-9-7-5-3-1/h1-2,5-8,11-12H,3-4,9-10H2/b2-1-,7-5-,8-6-,12-11-. The van der Waals surface area contributed by atoms with Crippen molar-refractivity contribution in [2.24, 2.45) is 0 Å². The lowest BCUT2D eigenvalue weighted by molar-refractivity contribution is 1.23. The molecule has 0 aromatic heterocycles. The van der Waals surface area contributed by atoms with Gasteiger partial charge >= 0.3 is 0 Å². The van der Waals surface area contributed by atoms with E-state index in [1.165, 1.54) is 0 Å². The van der Waals surface area contributed by atoms with E-state index in [0.29, 0.717) is 0 Å². The van der Waals surface area contributed by atoms with Crippen molar-refractivity contribution in [2.75, 3.05) is 0 Å². The molecule has 0 bridgehead atoms.